The number of Topliss-reactive ketones (excluding diaryl/α,β-unsaturated/α-hetero) is 1. The molecule has 2 aromatic carbocycles. The Morgan fingerprint density at radius 3 is 2.61 bits per heavy atom. The van der Waals surface area contributed by atoms with Crippen LogP contribution >= 0.6 is 11.3 Å². The van der Waals surface area contributed by atoms with Crippen LogP contribution in [0.2, 0.25) is 0 Å². The second-order valence-corrected chi connectivity index (χ2v) is 10.2. The SMILES string of the molecule is Cc1nc(-c2nnc(N[C@H]3N=C(c4ccccc4)c4ccccc4CC3=O)o2)c(C2CCOCC2)s1. The summed E-state index contributed by atoms with van der Waals surface area (Å²) in [5.74, 6) is 0.642. The Labute approximate surface area is 212 Å². The van der Waals surface area contributed by atoms with E-state index in [0.29, 0.717) is 11.8 Å². The standard InChI is InChI=1S/C27H25N5O3S/c1-16-28-23(24(36-16)18-11-13-34-14-12-18)26-31-32-27(35-26)30-25-21(33)15-19-9-5-6-10-20(19)22(29-25)17-7-3-2-4-8-17/h2-10,18,25H,11-15H2,1H3,(H,30,32)/t25-/m1/s1. The van der Waals surface area contributed by atoms with Crippen molar-refractivity contribution in [1.82, 2.24) is 15.2 Å². The van der Waals surface area contributed by atoms with Crippen molar-refractivity contribution in [3.05, 3.63) is 81.2 Å². The number of aliphatic imine (C=N–C) groups is 1. The molecule has 8 nitrogen and oxygen atoms in total. The molecule has 1 atom stereocenters. The van der Waals surface area contributed by atoms with Crippen LogP contribution in [0.4, 0.5) is 6.01 Å². The van der Waals surface area contributed by atoms with E-state index in [4.69, 9.17) is 14.1 Å². The smallest absolute Gasteiger partial charge is 0.317 e. The molecule has 0 radical (unpaired) electrons. The number of nitrogens with zero attached hydrogens (tertiary/aromatic N) is 4. The zero-order valence-electron chi connectivity index (χ0n) is 19.8. The summed E-state index contributed by atoms with van der Waals surface area (Å²) in [6.07, 6.45) is 1.30. The number of rotatable bonds is 5. The average molecular weight is 500 g/mol. The van der Waals surface area contributed by atoms with E-state index in [-0.39, 0.29) is 18.2 Å². The molecule has 182 valence electrons. The van der Waals surface area contributed by atoms with Crippen LogP contribution in [0.15, 0.2) is 64.0 Å². The van der Waals surface area contributed by atoms with Gasteiger partial charge in [-0.25, -0.2) is 4.98 Å². The van der Waals surface area contributed by atoms with Gasteiger partial charge in [-0.2, -0.15) is 0 Å². The van der Waals surface area contributed by atoms with Gasteiger partial charge in [0.2, 0.25) is 0 Å². The number of hydrogen-bond acceptors (Lipinski definition) is 9. The number of ether oxygens (including phenoxy) is 1. The van der Waals surface area contributed by atoms with Crippen molar-refractivity contribution in [2.24, 2.45) is 4.99 Å². The maximum absolute atomic E-state index is 13.2. The fourth-order valence-electron chi connectivity index (χ4n) is 4.73. The number of thiazole rings is 1. The molecule has 1 N–H and O–H groups in total. The molecule has 2 aliphatic heterocycles. The van der Waals surface area contributed by atoms with E-state index in [2.05, 4.69) is 20.5 Å². The van der Waals surface area contributed by atoms with E-state index in [9.17, 15) is 4.79 Å². The zero-order chi connectivity index (χ0) is 24.5. The van der Waals surface area contributed by atoms with Gasteiger partial charge in [0.05, 0.1) is 10.7 Å². The van der Waals surface area contributed by atoms with Gasteiger partial charge in [0.15, 0.2) is 11.9 Å². The van der Waals surface area contributed by atoms with Gasteiger partial charge in [-0.1, -0.05) is 59.7 Å². The van der Waals surface area contributed by atoms with Gasteiger partial charge >= 0.3 is 6.01 Å². The lowest BCUT2D eigenvalue weighted by atomic mass is 9.96. The van der Waals surface area contributed by atoms with E-state index in [1.807, 2.05) is 61.5 Å². The number of fused-ring (bicyclic) bond motifs is 1. The molecule has 0 spiro atoms. The van der Waals surface area contributed by atoms with E-state index < -0.39 is 6.17 Å². The van der Waals surface area contributed by atoms with Gasteiger partial charge in [0.1, 0.15) is 5.69 Å². The van der Waals surface area contributed by atoms with Crippen molar-refractivity contribution in [2.75, 3.05) is 18.5 Å². The molecule has 4 heterocycles. The highest BCUT2D eigenvalue weighted by Crippen LogP contribution is 2.38. The maximum atomic E-state index is 13.2. The molecule has 0 bridgehead atoms. The van der Waals surface area contributed by atoms with Crippen LogP contribution in [0.5, 0.6) is 0 Å². The molecule has 2 aromatic heterocycles. The molecule has 9 heteroatoms. The summed E-state index contributed by atoms with van der Waals surface area (Å²) in [4.78, 5) is 23.9. The maximum Gasteiger partial charge on any atom is 0.317 e. The van der Waals surface area contributed by atoms with Crippen molar-refractivity contribution < 1.29 is 13.9 Å². The lowest BCUT2D eigenvalue weighted by Crippen LogP contribution is -2.29. The number of anilines is 1. The van der Waals surface area contributed by atoms with Crippen LogP contribution in [0.25, 0.3) is 11.6 Å². The minimum absolute atomic E-state index is 0.0690. The van der Waals surface area contributed by atoms with E-state index in [1.165, 1.54) is 0 Å². The summed E-state index contributed by atoms with van der Waals surface area (Å²) in [5, 5.41) is 12.5. The Balaban J connectivity index is 1.31. The zero-order valence-corrected chi connectivity index (χ0v) is 20.6. The number of benzene rings is 2. The fraction of sp³-hybridized carbons (Fsp3) is 0.296. The van der Waals surface area contributed by atoms with E-state index >= 15 is 0 Å². The Kier molecular flexibility index (Phi) is 6.16. The third kappa shape index (κ3) is 4.47. The number of carbonyl (C=O) groups excluding carboxylic acids is 1. The predicted octanol–water partition coefficient (Wildman–Crippen LogP) is 4.80. The first-order chi connectivity index (χ1) is 17.7. The van der Waals surface area contributed by atoms with Gasteiger partial charge in [-0.15, -0.1) is 16.4 Å². The van der Waals surface area contributed by atoms with Crippen molar-refractivity contribution in [2.45, 2.75) is 38.3 Å². The van der Waals surface area contributed by atoms with Crippen molar-refractivity contribution in [3.8, 4) is 11.6 Å². The van der Waals surface area contributed by atoms with Gasteiger partial charge in [-0.3, -0.25) is 9.79 Å². The second kappa shape index (κ2) is 9.75. The highest BCUT2D eigenvalue weighted by molar-refractivity contribution is 7.12. The lowest BCUT2D eigenvalue weighted by molar-refractivity contribution is -0.119. The number of ketones is 1. The minimum atomic E-state index is -0.854. The second-order valence-electron chi connectivity index (χ2n) is 8.94. The molecule has 36 heavy (non-hydrogen) atoms. The normalized spacial score (nSPS) is 18.4. The summed E-state index contributed by atoms with van der Waals surface area (Å²) in [5.41, 5.74) is 4.31. The lowest BCUT2D eigenvalue weighted by Gasteiger charge is -2.21. The Morgan fingerprint density at radius 2 is 1.78 bits per heavy atom. The van der Waals surface area contributed by atoms with Gasteiger partial charge in [-0.05, 0) is 25.3 Å². The number of aryl methyl sites for hydroxylation is 1. The first-order valence-electron chi connectivity index (χ1n) is 12.1. The third-order valence-corrected chi connectivity index (χ3v) is 7.62. The molecule has 1 saturated heterocycles. The Hall–Kier alpha value is -3.69. The fourth-order valence-corrected chi connectivity index (χ4v) is 5.81. The highest BCUT2D eigenvalue weighted by Gasteiger charge is 2.29. The molecular formula is C27H25N5O3S. The summed E-state index contributed by atoms with van der Waals surface area (Å²) < 4.78 is 11.5. The molecule has 0 amide bonds. The molecule has 0 aliphatic carbocycles. The number of carbonyl (C=O) groups is 1. The monoisotopic (exact) mass is 499 g/mol. The van der Waals surface area contributed by atoms with Crippen LogP contribution in [0.3, 0.4) is 0 Å². The summed E-state index contributed by atoms with van der Waals surface area (Å²) in [6, 6.07) is 17.9. The molecule has 1 fully saturated rings. The van der Waals surface area contributed by atoms with E-state index in [1.54, 1.807) is 11.3 Å². The first-order valence-corrected chi connectivity index (χ1v) is 12.9. The molecule has 0 saturated carbocycles. The van der Waals surface area contributed by atoms with Crippen LogP contribution in [-0.2, 0) is 16.0 Å². The van der Waals surface area contributed by atoms with Crippen LogP contribution in [0, 0.1) is 6.92 Å². The van der Waals surface area contributed by atoms with Gasteiger partial charge in [0, 0.05) is 41.6 Å². The number of hydrogen-bond donors (Lipinski definition) is 1. The average Bonchev–Trinajstić information content (AvgIpc) is 3.51. The van der Waals surface area contributed by atoms with Crippen LogP contribution in [-0.4, -0.2) is 46.1 Å². The molecule has 2 aliphatic rings. The topological polar surface area (TPSA) is 102 Å². The summed E-state index contributed by atoms with van der Waals surface area (Å²) >= 11 is 1.66. The van der Waals surface area contributed by atoms with Crippen LogP contribution in [0.1, 0.15) is 45.3 Å². The molecule has 4 aromatic rings. The molecule has 0 unspecified atom stereocenters. The molecular weight excluding hydrogens is 474 g/mol. The summed E-state index contributed by atoms with van der Waals surface area (Å²) in [7, 11) is 0. The first kappa shape index (κ1) is 22.8. The van der Waals surface area contributed by atoms with Crippen molar-refractivity contribution in [3.63, 3.8) is 0 Å². The van der Waals surface area contributed by atoms with Crippen molar-refractivity contribution in [1.29, 1.82) is 0 Å². The minimum Gasteiger partial charge on any atom is -0.402 e. The van der Waals surface area contributed by atoms with Crippen LogP contribution < -0.4 is 5.32 Å². The largest absolute Gasteiger partial charge is 0.402 e. The number of aromatic nitrogens is 3. The van der Waals surface area contributed by atoms with Crippen molar-refractivity contribution >= 4 is 28.8 Å². The predicted molar refractivity (Wildman–Crippen MR) is 138 cm³/mol. The number of nitrogens with one attached hydrogen (secondary N) is 1. The highest BCUT2D eigenvalue weighted by atomic mass is 32.1. The summed E-state index contributed by atoms with van der Waals surface area (Å²) in [6.45, 7) is 3.46. The third-order valence-electron chi connectivity index (χ3n) is 6.49. The molecule has 6 rings (SSSR count). The Morgan fingerprint density at radius 1 is 1.00 bits per heavy atom. The quantitative estimate of drug-likeness (QED) is 0.421. The Bertz CT molecular complexity index is 1420. The van der Waals surface area contributed by atoms with E-state index in [0.717, 1.165) is 64.0 Å². The van der Waals surface area contributed by atoms with Gasteiger partial charge in [0.25, 0.3) is 5.89 Å². The van der Waals surface area contributed by atoms with Gasteiger partial charge < -0.3 is 14.5 Å².